The third kappa shape index (κ3) is 3.61. The Balaban J connectivity index is 1.54. The molecule has 0 spiro atoms. The van der Waals surface area contributed by atoms with Crippen LogP contribution in [0.4, 0.5) is 5.69 Å². The summed E-state index contributed by atoms with van der Waals surface area (Å²) in [6.45, 7) is 1.85. The molecule has 9 heteroatoms. The van der Waals surface area contributed by atoms with Crippen molar-refractivity contribution < 1.29 is 29.3 Å². The first-order chi connectivity index (χ1) is 18.8. The molecule has 2 aliphatic rings. The fourth-order valence-corrected chi connectivity index (χ4v) is 6.26. The van der Waals surface area contributed by atoms with Crippen molar-refractivity contribution in [2.75, 3.05) is 12.0 Å². The van der Waals surface area contributed by atoms with Crippen LogP contribution in [0.2, 0.25) is 0 Å². The third-order valence-corrected chi connectivity index (χ3v) is 8.03. The smallest absolute Gasteiger partial charge is 0.325 e. The van der Waals surface area contributed by atoms with Crippen LogP contribution in [0.1, 0.15) is 22.7 Å². The van der Waals surface area contributed by atoms with Crippen molar-refractivity contribution in [3.63, 3.8) is 0 Å². The molecule has 2 aliphatic heterocycles. The van der Waals surface area contributed by atoms with Crippen LogP contribution in [0.15, 0.2) is 72.9 Å². The molecule has 0 aliphatic carbocycles. The van der Waals surface area contributed by atoms with Gasteiger partial charge in [0.15, 0.2) is 11.5 Å². The summed E-state index contributed by atoms with van der Waals surface area (Å²) in [6, 6.07) is 18.4. The highest BCUT2D eigenvalue weighted by Crippen LogP contribution is 2.53. The zero-order valence-corrected chi connectivity index (χ0v) is 21.3. The predicted molar refractivity (Wildman–Crippen MR) is 144 cm³/mol. The Morgan fingerprint density at radius 2 is 1.82 bits per heavy atom. The van der Waals surface area contributed by atoms with E-state index in [9.17, 15) is 24.6 Å². The average molecular weight is 526 g/mol. The number of carboxylic acid groups (broad SMARTS) is 1. The Morgan fingerprint density at radius 1 is 1.05 bits per heavy atom. The number of aliphatic carboxylic acids is 1. The predicted octanol–water partition coefficient (Wildman–Crippen LogP) is 3.71. The Labute approximate surface area is 224 Å². The zero-order valence-electron chi connectivity index (χ0n) is 21.3. The van der Waals surface area contributed by atoms with Gasteiger partial charge in [0.2, 0.25) is 11.8 Å². The topological polar surface area (TPSA) is 132 Å². The number of imide groups is 1. The Kier molecular flexibility index (Phi) is 5.69. The van der Waals surface area contributed by atoms with Crippen LogP contribution in [-0.4, -0.2) is 45.6 Å². The van der Waals surface area contributed by atoms with Crippen LogP contribution >= 0.6 is 0 Å². The van der Waals surface area contributed by atoms with Gasteiger partial charge in [0.05, 0.1) is 24.6 Å². The number of phenolic OH excluding ortho intramolecular Hbond substituents is 1. The van der Waals surface area contributed by atoms with E-state index < -0.39 is 41.2 Å². The fraction of sp³-hybridized carbons (Fsp3) is 0.233. The number of carbonyl (C=O) groups excluding carboxylic acids is 2. The van der Waals surface area contributed by atoms with Crippen molar-refractivity contribution in [3.8, 4) is 11.5 Å². The number of nitrogens with one attached hydrogen (secondary N) is 2. The van der Waals surface area contributed by atoms with Crippen LogP contribution in [0.5, 0.6) is 11.5 Å². The molecule has 4 N–H and O–H groups in total. The number of aryl methyl sites for hydroxylation is 1. The number of carbonyl (C=O) groups is 3. The van der Waals surface area contributed by atoms with Crippen molar-refractivity contribution in [2.45, 2.75) is 24.9 Å². The summed E-state index contributed by atoms with van der Waals surface area (Å²) in [7, 11) is 1.41. The number of amides is 2. The van der Waals surface area contributed by atoms with Crippen molar-refractivity contribution in [1.29, 1.82) is 0 Å². The fourth-order valence-electron chi connectivity index (χ4n) is 6.26. The van der Waals surface area contributed by atoms with E-state index >= 15 is 0 Å². The minimum absolute atomic E-state index is 0.0601. The molecule has 0 radical (unpaired) electrons. The summed E-state index contributed by atoms with van der Waals surface area (Å²) < 4.78 is 5.28. The van der Waals surface area contributed by atoms with E-state index in [0.29, 0.717) is 16.8 Å². The van der Waals surface area contributed by atoms with Gasteiger partial charge in [0, 0.05) is 35.1 Å². The molecule has 2 saturated heterocycles. The number of nitrogens with zero attached hydrogens (tertiary/aromatic N) is 1. The number of aromatic amines is 1. The Bertz CT molecular complexity index is 1640. The first kappa shape index (κ1) is 24.7. The zero-order chi connectivity index (χ0) is 27.5. The van der Waals surface area contributed by atoms with Crippen molar-refractivity contribution >= 4 is 34.4 Å². The van der Waals surface area contributed by atoms with E-state index in [2.05, 4.69) is 10.3 Å². The number of anilines is 1. The molecule has 3 aromatic carbocycles. The lowest BCUT2D eigenvalue weighted by Gasteiger charge is -2.31. The van der Waals surface area contributed by atoms with Gasteiger partial charge in [-0.1, -0.05) is 42.5 Å². The maximum atomic E-state index is 14.1. The number of para-hydroxylation sites is 2. The molecule has 2 fully saturated rings. The average Bonchev–Trinajstić information content (AvgIpc) is 3.56. The minimum Gasteiger partial charge on any atom is -0.504 e. The normalized spacial score (nSPS) is 24.4. The van der Waals surface area contributed by atoms with Gasteiger partial charge in [0.1, 0.15) is 5.54 Å². The van der Waals surface area contributed by atoms with Gasteiger partial charge in [-0.25, -0.2) is 4.90 Å². The Hall–Kier alpha value is -4.63. The molecule has 2 amide bonds. The molecule has 0 saturated carbocycles. The summed E-state index contributed by atoms with van der Waals surface area (Å²) >= 11 is 0. The maximum Gasteiger partial charge on any atom is 0.325 e. The first-order valence-electron chi connectivity index (χ1n) is 12.6. The molecule has 6 rings (SSSR count). The molecule has 198 valence electrons. The molecule has 9 nitrogen and oxygen atoms in total. The van der Waals surface area contributed by atoms with Gasteiger partial charge in [-0.15, -0.1) is 0 Å². The number of benzene rings is 3. The second kappa shape index (κ2) is 8.99. The summed E-state index contributed by atoms with van der Waals surface area (Å²) in [6.07, 6.45) is 1.68. The van der Waals surface area contributed by atoms with E-state index in [0.717, 1.165) is 21.4 Å². The molecule has 4 aromatic rings. The van der Waals surface area contributed by atoms with Crippen molar-refractivity contribution in [1.82, 2.24) is 10.3 Å². The van der Waals surface area contributed by atoms with E-state index in [-0.39, 0.29) is 17.9 Å². The van der Waals surface area contributed by atoms with E-state index in [4.69, 9.17) is 4.74 Å². The standard InChI is InChI=1S/C30H27N3O6/c1-16-7-5-8-18(13-16)33-27(35)23-24(28(33)36)30(29(37)38,14-17-15-31-21-11-4-3-9-19(17)21)32-25(23)20-10-6-12-22(39-2)26(20)34/h3-13,15,23-25,31-32,34H,14H2,1-2H3,(H,37,38)/t23-,24-,25-,30+/m0/s1. The molecule has 1 aromatic heterocycles. The number of carboxylic acids is 1. The number of hydrogen-bond donors (Lipinski definition) is 4. The monoisotopic (exact) mass is 525 g/mol. The lowest BCUT2D eigenvalue weighted by molar-refractivity contribution is -0.148. The molecule has 3 heterocycles. The number of ether oxygens (including phenoxy) is 1. The summed E-state index contributed by atoms with van der Waals surface area (Å²) in [5.41, 5.74) is 1.23. The lowest BCUT2D eigenvalue weighted by atomic mass is 9.76. The highest BCUT2D eigenvalue weighted by Gasteiger charge is 2.69. The number of aromatic nitrogens is 1. The second-order valence-electron chi connectivity index (χ2n) is 10.2. The van der Waals surface area contributed by atoms with E-state index in [1.165, 1.54) is 7.11 Å². The van der Waals surface area contributed by atoms with E-state index in [1.807, 2.05) is 37.3 Å². The summed E-state index contributed by atoms with van der Waals surface area (Å²) in [5.74, 6) is -4.68. The molecule has 4 atom stereocenters. The minimum atomic E-state index is -1.83. The van der Waals surface area contributed by atoms with E-state index in [1.54, 1.807) is 42.6 Å². The van der Waals surface area contributed by atoms with Gasteiger partial charge >= 0.3 is 5.97 Å². The summed E-state index contributed by atoms with van der Waals surface area (Å²) in [5, 5.41) is 25.8. The van der Waals surface area contributed by atoms with Crippen LogP contribution in [-0.2, 0) is 20.8 Å². The highest BCUT2D eigenvalue weighted by atomic mass is 16.5. The Morgan fingerprint density at radius 3 is 2.56 bits per heavy atom. The second-order valence-corrected chi connectivity index (χ2v) is 10.2. The van der Waals surface area contributed by atoms with Crippen LogP contribution in [0.25, 0.3) is 10.9 Å². The third-order valence-electron chi connectivity index (χ3n) is 8.03. The van der Waals surface area contributed by atoms with Gasteiger partial charge in [-0.2, -0.15) is 0 Å². The van der Waals surface area contributed by atoms with Crippen LogP contribution < -0.4 is 15.0 Å². The molecule has 0 bridgehead atoms. The van der Waals surface area contributed by atoms with Crippen LogP contribution in [0.3, 0.4) is 0 Å². The number of methoxy groups -OCH3 is 1. The summed E-state index contributed by atoms with van der Waals surface area (Å²) in [4.78, 5) is 45.6. The maximum absolute atomic E-state index is 14.1. The number of H-pyrrole nitrogens is 1. The highest BCUT2D eigenvalue weighted by molar-refractivity contribution is 6.24. The van der Waals surface area contributed by atoms with Crippen molar-refractivity contribution in [2.24, 2.45) is 11.8 Å². The number of phenols is 1. The number of rotatable bonds is 6. The van der Waals surface area contributed by atoms with Crippen LogP contribution in [0, 0.1) is 18.8 Å². The molecule has 0 unspecified atom stereocenters. The van der Waals surface area contributed by atoms with Gasteiger partial charge < -0.3 is 19.9 Å². The largest absolute Gasteiger partial charge is 0.504 e. The van der Waals surface area contributed by atoms with Gasteiger partial charge in [-0.05, 0) is 42.3 Å². The molecular formula is C30H27N3O6. The number of fused-ring (bicyclic) bond motifs is 2. The molecule has 39 heavy (non-hydrogen) atoms. The van der Waals surface area contributed by atoms with Crippen molar-refractivity contribution in [3.05, 3.63) is 89.6 Å². The number of hydrogen-bond acceptors (Lipinski definition) is 6. The number of aromatic hydroxyl groups is 1. The van der Waals surface area contributed by atoms with Gasteiger partial charge in [-0.3, -0.25) is 19.7 Å². The quantitative estimate of drug-likeness (QED) is 0.282. The SMILES string of the molecule is COc1cccc([C@@H]2N[C@@](Cc3c[nH]c4ccccc34)(C(=O)O)[C@@H]3C(=O)N(c4cccc(C)c4)C(=O)[C@@H]32)c1O. The lowest BCUT2D eigenvalue weighted by Crippen LogP contribution is -2.57. The first-order valence-corrected chi connectivity index (χ1v) is 12.6. The molecular weight excluding hydrogens is 498 g/mol. The van der Waals surface area contributed by atoms with Gasteiger partial charge in [0.25, 0.3) is 0 Å².